The summed E-state index contributed by atoms with van der Waals surface area (Å²) in [6.07, 6.45) is 4.33. The molecule has 0 unspecified atom stereocenters. The van der Waals surface area contributed by atoms with Crippen LogP contribution in [0.25, 0.3) is 11.1 Å². The number of benzene rings is 1. The lowest BCUT2D eigenvalue weighted by Gasteiger charge is -2.39. The Kier molecular flexibility index (Phi) is 6.31. The smallest absolute Gasteiger partial charge is 0.283 e. The highest BCUT2D eigenvalue weighted by molar-refractivity contribution is 7.90. The zero-order valence-electron chi connectivity index (χ0n) is 20.4. The number of fused-ring (bicyclic) bond motifs is 1. The zero-order valence-corrected chi connectivity index (χ0v) is 21.2. The van der Waals surface area contributed by atoms with E-state index in [9.17, 15) is 13.2 Å². The van der Waals surface area contributed by atoms with Crippen LogP contribution in [0.1, 0.15) is 28.8 Å². The maximum absolute atomic E-state index is 13.1. The Balaban J connectivity index is 1.43. The SMILES string of the molecule is COc1cc(-c2ccc3c(c2CC(=O)NS(=O)(=O)c2cc(C4(OC)COC4)n(C)n2)CCC3)ccn1. The molecule has 1 aliphatic heterocycles. The molecule has 3 aromatic rings. The van der Waals surface area contributed by atoms with E-state index in [1.165, 1.54) is 16.3 Å². The van der Waals surface area contributed by atoms with Crippen LogP contribution < -0.4 is 9.46 Å². The van der Waals surface area contributed by atoms with E-state index in [-0.39, 0.29) is 11.4 Å². The molecule has 1 aromatic carbocycles. The van der Waals surface area contributed by atoms with Crippen LogP contribution in [0, 0.1) is 0 Å². The van der Waals surface area contributed by atoms with Gasteiger partial charge in [-0.25, -0.2) is 9.71 Å². The number of carbonyl (C=O) groups is 1. The molecular formula is C25H28N4O6S. The molecule has 0 spiro atoms. The normalized spacial score (nSPS) is 16.3. The third-order valence-electron chi connectivity index (χ3n) is 6.90. The molecule has 0 saturated carbocycles. The molecule has 5 rings (SSSR count). The van der Waals surface area contributed by atoms with Gasteiger partial charge in [-0.05, 0) is 53.1 Å². The summed E-state index contributed by atoms with van der Waals surface area (Å²) >= 11 is 0. The fraction of sp³-hybridized carbons (Fsp3) is 0.400. The van der Waals surface area contributed by atoms with Crippen LogP contribution in [0.2, 0.25) is 0 Å². The first-order chi connectivity index (χ1) is 17.3. The average molecular weight is 513 g/mol. The monoisotopic (exact) mass is 512 g/mol. The molecule has 36 heavy (non-hydrogen) atoms. The molecule has 1 saturated heterocycles. The molecule has 190 valence electrons. The Morgan fingerprint density at radius 2 is 2.00 bits per heavy atom. The minimum absolute atomic E-state index is 0.0854. The van der Waals surface area contributed by atoms with Crippen LogP contribution in [0.4, 0.5) is 0 Å². The van der Waals surface area contributed by atoms with Crippen molar-refractivity contribution < 1.29 is 27.4 Å². The van der Waals surface area contributed by atoms with Crippen molar-refractivity contribution in [1.82, 2.24) is 19.5 Å². The Bertz CT molecular complexity index is 1420. The summed E-state index contributed by atoms with van der Waals surface area (Å²) in [5.74, 6) is -0.166. The van der Waals surface area contributed by atoms with Gasteiger partial charge < -0.3 is 14.2 Å². The van der Waals surface area contributed by atoms with E-state index >= 15 is 0 Å². The molecule has 11 heteroatoms. The van der Waals surface area contributed by atoms with Gasteiger partial charge in [0.15, 0.2) is 10.6 Å². The van der Waals surface area contributed by atoms with Gasteiger partial charge in [0.05, 0.1) is 32.4 Å². The number of hydrogen-bond acceptors (Lipinski definition) is 8. The van der Waals surface area contributed by atoms with Gasteiger partial charge in [0.1, 0.15) is 0 Å². The number of methoxy groups -OCH3 is 2. The molecular weight excluding hydrogens is 484 g/mol. The number of rotatable bonds is 8. The highest BCUT2D eigenvalue weighted by Gasteiger charge is 2.44. The fourth-order valence-corrected chi connectivity index (χ4v) is 5.93. The first kappa shape index (κ1) is 24.4. The van der Waals surface area contributed by atoms with E-state index in [1.807, 2.05) is 12.1 Å². The Labute approximate surface area is 209 Å². The largest absolute Gasteiger partial charge is 0.481 e. The number of nitrogens with zero attached hydrogens (tertiary/aromatic N) is 3. The Hall–Kier alpha value is -3.28. The van der Waals surface area contributed by atoms with E-state index in [1.54, 1.807) is 33.5 Å². The van der Waals surface area contributed by atoms with Crippen molar-refractivity contribution in [2.45, 2.75) is 36.3 Å². The van der Waals surface area contributed by atoms with E-state index in [2.05, 4.69) is 20.9 Å². The molecule has 10 nitrogen and oxygen atoms in total. The van der Waals surface area contributed by atoms with Gasteiger partial charge in [0, 0.05) is 32.5 Å². The number of aromatic nitrogens is 3. The van der Waals surface area contributed by atoms with Gasteiger partial charge in [-0.1, -0.05) is 12.1 Å². The van der Waals surface area contributed by atoms with Crippen molar-refractivity contribution in [2.24, 2.45) is 7.05 Å². The van der Waals surface area contributed by atoms with Gasteiger partial charge in [-0.3, -0.25) is 9.48 Å². The highest BCUT2D eigenvalue weighted by Crippen LogP contribution is 2.35. The van der Waals surface area contributed by atoms with Crippen molar-refractivity contribution in [3.63, 3.8) is 0 Å². The van der Waals surface area contributed by atoms with Gasteiger partial charge in [-0.2, -0.15) is 13.5 Å². The molecule has 0 bridgehead atoms. The third-order valence-corrected chi connectivity index (χ3v) is 8.15. The van der Waals surface area contributed by atoms with Crippen LogP contribution in [-0.2, 0) is 56.2 Å². The van der Waals surface area contributed by atoms with Crippen molar-refractivity contribution >= 4 is 15.9 Å². The summed E-state index contributed by atoms with van der Waals surface area (Å²) in [5.41, 5.74) is 4.64. The molecule has 2 aliphatic rings. The van der Waals surface area contributed by atoms with Crippen molar-refractivity contribution in [1.29, 1.82) is 0 Å². The summed E-state index contributed by atoms with van der Waals surface area (Å²) < 4.78 is 45.9. The van der Waals surface area contributed by atoms with E-state index in [0.717, 1.165) is 41.5 Å². The van der Waals surface area contributed by atoms with Crippen LogP contribution in [0.5, 0.6) is 5.88 Å². The predicted molar refractivity (Wildman–Crippen MR) is 130 cm³/mol. The van der Waals surface area contributed by atoms with E-state index < -0.39 is 21.5 Å². The second-order valence-corrected chi connectivity index (χ2v) is 10.7. The molecule has 2 aromatic heterocycles. The molecule has 3 heterocycles. The van der Waals surface area contributed by atoms with Crippen molar-refractivity contribution in [2.75, 3.05) is 27.4 Å². The van der Waals surface area contributed by atoms with Gasteiger partial charge in [0.2, 0.25) is 11.8 Å². The van der Waals surface area contributed by atoms with Gasteiger partial charge in [-0.15, -0.1) is 0 Å². The quantitative estimate of drug-likeness (QED) is 0.486. The van der Waals surface area contributed by atoms with Gasteiger partial charge in [0.25, 0.3) is 10.0 Å². The number of carbonyl (C=O) groups excluding carboxylic acids is 1. The molecule has 0 radical (unpaired) electrons. The van der Waals surface area contributed by atoms with Crippen LogP contribution in [0.3, 0.4) is 0 Å². The number of ether oxygens (including phenoxy) is 3. The van der Waals surface area contributed by atoms with E-state index in [0.29, 0.717) is 24.8 Å². The molecule has 1 N–H and O–H groups in total. The summed E-state index contributed by atoms with van der Waals surface area (Å²) in [6.45, 7) is 0.604. The molecule has 1 amide bonds. The maximum atomic E-state index is 13.1. The number of sulfonamides is 1. The number of pyridine rings is 1. The number of amides is 1. The summed E-state index contributed by atoms with van der Waals surface area (Å²) in [4.78, 5) is 17.3. The number of hydrogen-bond donors (Lipinski definition) is 1. The molecule has 1 fully saturated rings. The minimum Gasteiger partial charge on any atom is -0.481 e. The lowest BCUT2D eigenvalue weighted by Crippen LogP contribution is -2.49. The average Bonchev–Trinajstić information content (AvgIpc) is 3.46. The summed E-state index contributed by atoms with van der Waals surface area (Å²) in [6, 6.07) is 9.14. The van der Waals surface area contributed by atoms with Crippen LogP contribution in [-0.4, -0.2) is 56.5 Å². The summed E-state index contributed by atoms with van der Waals surface area (Å²) in [7, 11) is 0.529. The van der Waals surface area contributed by atoms with Crippen molar-refractivity contribution in [3.8, 4) is 17.0 Å². The van der Waals surface area contributed by atoms with Crippen LogP contribution >= 0.6 is 0 Å². The summed E-state index contributed by atoms with van der Waals surface area (Å²) in [5, 5.41) is 3.90. The zero-order chi connectivity index (χ0) is 25.5. The Morgan fingerprint density at radius 1 is 1.19 bits per heavy atom. The predicted octanol–water partition coefficient (Wildman–Crippen LogP) is 1.90. The lowest BCUT2D eigenvalue weighted by atomic mass is 9.91. The second kappa shape index (κ2) is 9.30. The third kappa shape index (κ3) is 4.27. The molecule has 1 aliphatic carbocycles. The first-order valence-electron chi connectivity index (χ1n) is 11.6. The fourth-order valence-electron chi connectivity index (χ4n) is 4.96. The van der Waals surface area contributed by atoms with Crippen LogP contribution in [0.15, 0.2) is 41.6 Å². The number of aryl methyl sites for hydroxylation is 2. The second-order valence-electron chi connectivity index (χ2n) is 9.06. The minimum atomic E-state index is -4.19. The van der Waals surface area contributed by atoms with Crippen molar-refractivity contribution in [3.05, 3.63) is 58.9 Å². The Morgan fingerprint density at radius 3 is 2.69 bits per heavy atom. The van der Waals surface area contributed by atoms with Gasteiger partial charge >= 0.3 is 0 Å². The maximum Gasteiger partial charge on any atom is 0.283 e. The highest BCUT2D eigenvalue weighted by atomic mass is 32.2. The molecule has 0 atom stereocenters. The topological polar surface area (TPSA) is 122 Å². The number of nitrogens with one attached hydrogen (secondary N) is 1. The first-order valence-corrected chi connectivity index (χ1v) is 13.1. The standard InChI is InChI=1S/C25H28N4O6S/c1-29-21(25(34-3)14-35-15-25)13-24(27-29)36(31,32)28-22(30)12-20-18-6-4-5-16(18)7-8-19(20)17-9-10-26-23(11-17)33-2/h7-11,13H,4-6,12,14-15H2,1-3H3,(H,28,30). The van der Waals surface area contributed by atoms with E-state index in [4.69, 9.17) is 14.2 Å². The lowest BCUT2D eigenvalue weighted by molar-refractivity contribution is -0.206.